The first-order valence-electron chi connectivity index (χ1n) is 5.12. The summed E-state index contributed by atoms with van der Waals surface area (Å²) in [7, 11) is 1.60. The molecule has 0 radical (unpaired) electrons. The SMILES string of the molecule is CNC(=O)CC1CC=CCCCC1=O. The summed E-state index contributed by atoms with van der Waals surface area (Å²) < 4.78 is 0. The topological polar surface area (TPSA) is 46.2 Å². The van der Waals surface area contributed by atoms with Gasteiger partial charge >= 0.3 is 0 Å². The van der Waals surface area contributed by atoms with Gasteiger partial charge in [-0.15, -0.1) is 0 Å². The van der Waals surface area contributed by atoms with Crippen LogP contribution in [0, 0.1) is 5.92 Å². The third-order valence-corrected chi connectivity index (χ3v) is 2.55. The molecule has 0 saturated carbocycles. The van der Waals surface area contributed by atoms with Crippen LogP contribution in [0.25, 0.3) is 0 Å². The number of rotatable bonds is 2. The fraction of sp³-hybridized carbons (Fsp3) is 0.636. The molecular formula is C11H17NO2. The van der Waals surface area contributed by atoms with Gasteiger partial charge in [-0.1, -0.05) is 12.2 Å². The van der Waals surface area contributed by atoms with Crippen molar-refractivity contribution in [2.24, 2.45) is 5.92 Å². The molecular weight excluding hydrogens is 178 g/mol. The van der Waals surface area contributed by atoms with Gasteiger partial charge in [-0.2, -0.15) is 0 Å². The maximum Gasteiger partial charge on any atom is 0.220 e. The van der Waals surface area contributed by atoms with E-state index in [1.54, 1.807) is 7.05 Å². The molecule has 0 bridgehead atoms. The van der Waals surface area contributed by atoms with E-state index in [4.69, 9.17) is 0 Å². The number of amides is 1. The summed E-state index contributed by atoms with van der Waals surface area (Å²) in [6.07, 6.45) is 7.68. The highest BCUT2D eigenvalue weighted by molar-refractivity contribution is 5.87. The molecule has 3 heteroatoms. The molecule has 1 N–H and O–H groups in total. The predicted octanol–water partition coefficient (Wildman–Crippen LogP) is 1.44. The number of carbonyl (C=O) groups is 2. The first-order valence-corrected chi connectivity index (χ1v) is 5.12. The van der Waals surface area contributed by atoms with Crippen LogP contribution in [0.4, 0.5) is 0 Å². The van der Waals surface area contributed by atoms with Crippen molar-refractivity contribution in [2.45, 2.75) is 32.1 Å². The number of carbonyl (C=O) groups excluding carboxylic acids is 2. The average molecular weight is 195 g/mol. The molecule has 0 heterocycles. The maximum absolute atomic E-state index is 11.6. The van der Waals surface area contributed by atoms with Crippen LogP contribution in [0.1, 0.15) is 32.1 Å². The summed E-state index contributed by atoms with van der Waals surface area (Å²) >= 11 is 0. The zero-order valence-electron chi connectivity index (χ0n) is 8.58. The zero-order valence-corrected chi connectivity index (χ0v) is 8.58. The Morgan fingerprint density at radius 3 is 3.07 bits per heavy atom. The standard InChI is InChI=1S/C11H17NO2/c1-12-11(14)8-9-6-4-2-3-5-7-10(9)13/h2,4,9H,3,5-8H2,1H3,(H,12,14). The van der Waals surface area contributed by atoms with Crippen molar-refractivity contribution in [3.63, 3.8) is 0 Å². The second-order valence-electron chi connectivity index (χ2n) is 3.64. The van der Waals surface area contributed by atoms with Gasteiger partial charge in [0.15, 0.2) is 0 Å². The van der Waals surface area contributed by atoms with E-state index in [9.17, 15) is 9.59 Å². The van der Waals surface area contributed by atoms with Crippen LogP contribution >= 0.6 is 0 Å². The molecule has 1 rings (SSSR count). The second-order valence-corrected chi connectivity index (χ2v) is 3.64. The van der Waals surface area contributed by atoms with Crippen molar-refractivity contribution >= 4 is 11.7 Å². The average Bonchev–Trinajstić information content (AvgIpc) is 2.17. The highest BCUT2D eigenvalue weighted by Gasteiger charge is 2.20. The number of hydrogen-bond donors (Lipinski definition) is 1. The molecule has 1 unspecified atom stereocenters. The van der Waals surface area contributed by atoms with Crippen molar-refractivity contribution in [1.82, 2.24) is 5.32 Å². The Morgan fingerprint density at radius 1 is 1.57 bits per heavy atom. The van der Waals surface area contributed by atoms with Crippen molar-refractivity contribution in [2.75, 3.05) is 7.05 Å². The summed E-state index contributed by atoms with van der Waals surface area (Å²) in [5.74, 6) is 0.0850. The second kappa shape index (κ2) is 5.58. The summed E-state index contributed by atoms with van der Waals surface area (Å²) in [6, 6.07) is 0. The molecule has 14 heavy (non-hydrogen) atoms. The van der Waals surface area contributed by atoms with Crippen LogP contribution in [0.5, 0.6) is 0 Å². The molecule has 0 aliphatic heterocycles. The highest BCUT2D eigenvalue weighted by atomic mass is 16.2. The van der Waals surface area contributed by atoms with Gasteiger partial charge in [0.1, 0.15) is 5.78 Å². The minimum absolute atomic E-state index is 0.0441. The van der Waals surface area contributed by atoms with E-state index >= 15 is 0 Å². The van der Waals surface area contributed by atoms with Gasteiger partial charge in [0.05, 0.1) is 0 Å². The smallest absolute Gasteiger partial charge is 0.220 e. The molecule has 78 valence electrons. The van der Waals surface area contributed by atoms with Crippen LogP contribution in [-0.2, 0) is 9.59 Å². The highest BCUT2D eigenvalue weighted by Crippen LogP contribution is 2.17. The lowest BCUT2D eigenvalue weighted by Gasteiger charge is -2.14. The molecule has 1 atom stereocenters. The zero-order chi connectivity index (χ0) is 10.4. The van der Waals surface area contributed by atoms with E-state index < -0.39 is 0 Å². The Bertz CT molecular complexity index is 246. The Hall–Kier alpha value is -1.12. The normalized spacial score (nSPS) is 22.6. The maximum atomic E-state index is 11.6. The number of hydrogen-bond acceptors (Lipinski definition) is 2. The van der Waals surface area contributed by atoms with E-state index in [0.29, 0.717) is 19.3 Å². The minimum atomic E-state index is -0.105. The van der Waals surface area contributed by atoms with Gasteiger partial charge in [-0.25, -0.2) is 0 Å². The van der Waals surface area contributed by atoms with E-state index in [2.05, 4.69) is 11.4 Å². The van der Waals surface area contributed by atoms with Gasteiger partial charge in [0.2, 0.25) is 5.91 Å². The fourth-order valence-electron chi connectivity index (χ4n) is 1.63. The number of ketones is 1. The Kier molecular flexibility index (Phi) is 4.36. The van der Waals surface area contributed by atoms with Crippen molar-refractivity contribution in [1.29, 1.82) is 0 Å². The molecule has 0 saturated heterocycles. The van der Waals surface area contributed by atoms with Gasteiger partial charge in [0.25, 0.3) is 0 Å². The lowest BCUT2D eigenvalue weighted by atomic mass is 9.90. The largest absolute Gasteiger partial charge is 0.359 e. The van der Waals surface area contributed by atoms with Crippen LogP contribution in [-0.4, -0.2) is 18.7 Å². The van der Waals surface area contributed by atoms with Gasteiger partial charge in [-0.3, -0.25) is 9.59 Å². The Labute approximate surface area is 84.6 Å². The van der Waals surface area contributed by atoms with Gasteiger partial charge < -0.3 is 5.32 Å². The van der Waals surface area contributed by atoms with Crippen molar-refractivity contribution < 1.29 is 9.59 Å². The Balaban J connectivity index is 2.54. The first-order chi connectivity index (χ1) is 6.74. The summed E-state index contributed by atoms with van der Waals surface area (Å²) in [4.78, 5) is 22.7. The number of nitrogens with one attached hydrogen (secondary N) is 1. The van der Waals surface area contributed by atoms with E-state index in [0.717, 1.165) is 12.8 Å². The predicted molar refractivity (Wildman–Crippen MR) is 54.8 cm³/mol. The molecule has 0 aromatic heterocycles. The molecule has 0 aromatic rings. The molecule has 0 aromatic carbocycles. The molecule has 1 aliphatic rings. The van der Waals surface area contributed by atoms with E-state index in [-0.39, 0.29) is 17.6 Å². The van der Waals surface area contributed by atoms with Crippen LogP contribution in [0.15, 0.2) is 12.2 Å². The lowest BCUT2D eigenvalue weighted by molar-refractivity contribution is -0.128. The Morgan fingerprint density at radius 2 is 2.36 bits per heavy atom. The van der Waals surface area contributed by atoms with Crippen LogP contribution in [0.3, 0.4) is 0 Å². The van der Waals surface area contributed by atoms with Crippen LogP contribution in [0.2, 0.25) is 0 Å². The number of allylic oxidation sites excluding steroid dienone is 2. The van der Waals surface area contributed by atoms with Crippen LogP contribution < -0.4 is 5.32 Å². The van der Waals surface area contributed by atoms with Gasteiger partial charge in [0, 0.05) is 25.8 Å². The van der Waals surface area contributed by atoms with Crippen molar-refractivity contribution in [3.05, 3.63) is 12.2 Å². The minimum Gasteiger partial charge on any atom is -0.359 e. The summed E-state index contributed by atoms with van der Waals surface area (Å²) in [6.45, 7) is 0. The summed E-state index contributed by atoms with van der Waals surface area (Å²) in [5.41, 5.74) is 0. The summed E-state index contributed by atoms with van der Waals surface area (Å²) in [5, 5.41) is 2.55. The lowest BCUT2D eigenvalue weighted by Crippen LogP contribution is -2.25. The monoisotopic (exact) mass is 195 g/mol. The molecule has 0 spiro atoms. The molecule has 0 fully saturated rings. The fourth-order valence-corrected chi connectivity index (χ4v) is 1.63. The van der Waals surface area contributed by atoms with E-state index in [1.165, 1.54) is 0 Å². The third-order valence-electron chi connectivity index (χ3n) is 2.55. The molecule has 1 amide bonds. The quantitative estimate of drug-likeness (QED) is 0.678. The van der Waals surface area contributed by atoms with E-state index in [1.807, 2.05) is 6.08 Å². The van der Waals surface area contributed by atoms with Crippen molar-refractivity contribution in [3.8, 4) is 0 Å². The number of Topliss-reactive ketones (excluding diaryl/α,β-unsaturated/α-hetero) is 1. The third kappa shape index (κ3) is 3.32. The van der Waals surface area contributed by atoms with Gasteiger partial charge in [-0.05, 0) is 19.3 Å². The molecule has 3 nitrogen and oxygen atoms in total. The first kappa shape index (κ1) is 11.0. The molecule has 1 aliphatic carbocycles.